The number of ether oxygens (including phenoxy) is 1. The van der Waals surface area contributed by atoms with Crippen molar-refractivity contribution in [3.05, 3.63) is 82.3 Å². The maximum absolute atomic E-state index is 13.3. The van der Waals surface area contributed by atoms with Crippen LogP contribution in [0.3, 0.4) is 0 Å². The Hall–Kier alpha value is -2.70. The number of hydrogen-bond donors (Lipinski definition) is 0. The lowest BCUT2D eigenvalue weighted by Crippen LogP contribution is -2.40. The summed E-state index contributed by atoms with van der Waals surface area (Å²) in [6, 6.07) is 18.8. The standard InChI is InChI=1S/C26H29N3O2S/c30-25(29-15-7-6-11-22(29)26-27-14-17-32-26)13-16-28-18-21-10-4-5-12-23(21)31-24(19-28)20-8-2-1-3-9-20/h1-5,8-10,12,14,17,22,24H,6-7,11,13,15-16,18-19H2/t22-,24-/m1/s1. The average molecular weight is 448 g/mol. The molecule has 1 aromatic heterocycles. The van der Waals surface area contributed by atoms with Crippen molar-refractivity contribution in [1.82, 2.24) is 14.8 Å². The number of rotatable bonds is 5. The molecule has 2 atom stereocenters. The molecule has 5 nitrogen and oxygen atoms in total. The highest BCUT2D eigenvalue weighted by molar-refractivity contribution is 7.09. The molecule has 2 aromatic carbocycles. The fourth-order valence-electron chi connectivity index (χ4n) is 4.77. The molecule has 0 aliphatic carbocycles. The van der Waals surface area contributed by atoms with Crippen molar-refractivity contribution in [2.45, 2.75) is 44.4 Å². The molecule has 0 unspecified atom stereocenters. The Kier molecular flexibility index (Phi) is 6.51. The van der Waals surface area contributed by atoms with Gasteiger partial charge in [0.2, 0.25) is 5.91 Å². The maximum atomic E-state index is 13.3. The third kappa shape index (κ3) is 4.71. The molecule has 2 aliphatic heterocycles. The summed E-state index contributed by atoms with van der Waals surface area (Å²) in [5.41, 5.74) is 2.34. The highest BCUT2D eigenvalue weighted by atomic mass is 32.1. The third-order valence-electron chi connectivity index (χ3n) is 6.43. The van der Waals surface area contributed by atoms with Gasteiger partial charge in [0.05, 0.1) is 6.04 Å². The monoisotopic (exact) mass is 447 g/mol. The van der Waals surface area contributed by atoms with Crippen LogP contribution in [0.15, 0.2) is 66.2 Å². The minimum atomic E-state index is -0.0481. The Balaban J connectivity index is 1.30. The molecule has 0 radical (unpaired) electrons. The topological polar surface area (TPSA) is 45.7 Å². The largest absolute Gasteiger partial charge is 0.484 e. The van der Waals surface area contributed by atoms with Crippen molar-refractivity contribution in [2.75, 3.05) is 19.6 Å². The van der Waals surface area contributed by atoms with Gasteiger partial charge in [-0.1, -0.05) is 48.5 Å². The van der Waals surface area contributed by atoms with Crippen LogP contribution < -0.4 is 4.74 Å². The number of amides is 1. The zero-order valence-corrected chi connectivity index (χ0v) is 19.0. The van der Waals surface area contributed by atoms with E-state index >= 15 is 0 Å². The van der Waals surface area contributed by atoms with E-state index < -0.39 is 0 Å². The van der Waals surface area contributed by atoms with Crippen molar-refractivity contribution >= 4 is 17.2 Å². The van der Waals surface area contributed by atoms with Crippen LogP contribution >= 0.6 is 11.3 Å². The smallest absolute Gasteiger partial charge is 0.224 e. The Morgan fingerprint density at radius 3 is 2.78 bits per heavy atom. The molecule has 1 saturated heterocycles. The van der Waals surface area contributed by atoms with Gasteiger partial charge >= 0.3 is 0 Å². The lowest BCUT2D eigenvalue weighted by atomic mass is 10.0. The average Bonchev–Trinajstić information content (AvgIpc) is 3.31. The third-order valence-corrected chi connectivity index (χ3v) is 7.31. The number of nitrogens with zero attached hydrogens (tertiary/aromatic N) is 3. The molecule has 6 heteroatoms. The summed E-state index contributed by atoms with van der Waals surface area (Å²) in [5.74, 6) is 1.18. The summed E-state index contributed by atoms with van der Waals surface area (Å²) in [5, 5.41) is 3.07. The number of thiazole rings is 1. The van der Waals surface area contributed by atoms with Crippen LogP contribution in [0.2, 0.25) is 0 Å². The van der Waals surface area contributed by atoms with Crippen LogP contribution in [-0.4, -0.2) is 40.3 Å². The first kappa shape index (κ1) is 21.2. The van der Waals surface area contributed by atoms with Crippen LogP contribution in [0, 0.1) is 0 Å². The zero-order valence-electron chi connectivity index (χ0n) is 18.2. The normalized spacial score (nSPS) is 21.4. The number of aromatic nitrogens is 1. The number of carbonyl (C=O) groups is 1. The van der Waals surface area contributed by atoms with Crippen molar-refractivity contribution in [1.29, 1.82) is 0 Å². The number of piperidine rings is 1. The second kappa shape index (κ2) is 9.84. The molecule has 3 heterocycles. The quantitative estimate of drug-likeness (QED) is 0.538. The molecule has 3 aromatic rings. The van der Waals surface area contributed by atoms with Crippen molar-refractivity contribution < 1.29 is 9.53 Å². The number of fused-ring (bicyclic) bond motifs is 1. The van der Waals surface area contributed by atoms with E-state index in [1.54, 1.807) is 11.3 Å². The fraction of sp³-hybridized carbons (Fsp3) is 0.385. The molecule has 32 heavy (non-hydrogen) atoms. The SMILES string of the molecule is O=C(CCN1Cc2ccccc2O[C@@H](c2ccccc2)C1)N1CCCC[C@@H]1c1nccs1. The van der Waals surface area contributed by atoms with Crippen molar-refractivity contribution in [3.63, 3.8) is 0 Å². The minimum absolute atomic E-state index is 0.0481. The van der Waals surface area contributed by atoms with Gasteiger partial charge in [-0.05, 0) is 30.9 Å². The highest BCUT2D eigenvalue weighted by Crippen LogP contribution is 2.33. The van der Waals surface area contributed by atoms with Crippen LogP contribution in [0.1, 0.15) is 54.0 Å². The first-order valence-electron chi connectivity index (χ1n) is 11.5. The summed E-state index contributed by atoms with van der Waals surface area (Å²) in [4.78, 5) is 22.2. The molecular formula is C26H29N3O2S. The van der Waals surface area contributed by atoms with E-state index in [0.29, 0.717) is 6.42 Å². The molecule has 1 fully saturated rings. The van der Waals surface area contributed by atoms with Crippen LogP contribution in [-0.2, 0) is 11.3 Å². The van der Waals surface area contributed by atoms with E-state index in [1.165, 1.54) is 11.1 Å². The van der Waals surface area contributed by atoms with Gasteiger partial charge in [-0.2, -0.15) is 0 Å². The molecule has 0 spiro atoms. The summed E-state index contributed by atoms with van der Waals surface area (Å²) in [6.45, 7) is 3.12. The van der Waals surface area contributed by atoms with Gasteiger partial charge in [-0.15, -0.1) is 11.3 Å². The van der Waals surface area contributed by atoms with Crippen molar-refractivity contribution in [2.24, 2.45) is 0 Å². The summed E-state index contributed by atoms with van der Waals surface area (Å²) in [6.07, 6.45) is 5.57. The number of hydrogen-bond acceptors (Lipinski definition) is 5. The van der Waals surface area contributed by atoms with Gasteiger partial charge in [0, 0.05) is 49.7 Å². The van der Waals surface area contributed by atoms with Gasteiger partial charge in [-0.3, -0.25) is 9.69 Å². The Labute approximate surface area is 193 Å². The van der Waals surface area contributed by atoms with E-state index in [2.05, 4.69) is 51.2 Å². The van der Waals surface area contributed by atoms with Gasteiger partial charge < -0.3 is 9.64 Å². The summed E-state index contributed by atoms with van der Waals surface area (Å²) >= 11 is 1.66. The van der Waals surface area contributed by atoms with Crippen LogP contribution in [0.4, 0.5) is 0 Å². The summed E-state index contributed by atoms with van der Waals surface area (Å²) < 4.78 is 6.42. The first-order chi connectivity index (χ1) is 15.8. The molecule has 2 aliphatic rings. The second-order valence-electron chi connectivity index (χ2n) is 8.58. The van der Waals surface area contributed by atoms with E-state index in [4.69, 9.17) is 4.74 Å². The van der Waals surface area contributed by atoms with Gasteiger partial charge in [0.1, 0.15) is 16.9 Å². The lowest BCUT2D eigenvalue weighted by Gasteiger charge is -2.35. The number of benzene rings is 2. The number of carbonyl (C=O) groups excluding carboxylic acids is 1. The van der Waals surface area contributed by atoms with Gasteiger partial charge in [0.25, 0.3) is 0 Å². The zero-order chi connectivity index (χ0) is 21.8. The second-order valence-corrected chi connectivity index (χ2v) is 9.51. The molecule has 166 valence electrons. The molecule has 0 saturated carbocycles. The van der Waals surface area contributed by atoms with Gasteiger partial charge in [-0.25, -0.2) is 4.98 Å². The molecule has 5 rings (SSSR count). The highest BCUT2D eigenvalue weighted by Gasteiger charge is 2.30. The van der Waals surface area contributed by atoms with E-state index in [-0.39, 0.29) is 18.1 Å². The first-order valence-corrected chi connectivity index (χ1v) is 12.4. The van der Waals surface area contributed by atoms with Crippen LogP contribution in [0.5, 0.6) is 5.75 Å². The van der Waals surface area contributed by atoms with E-state index in [1.807, 2.05) is 29.8 Å². The number of likely N-dealkylation sites (tertiary alicyclic amines) is 1. The maximum Gasteiger partial charge on any atom is 0.224 e. The minimum Gasteiger partial charge on any atom is -0.484 e. The van der Waals surface area contributed by atoms with E-state index in [0.717, 1.165) is 56.2 Å². The Morgan fingerprint density at radius 2 is 1.94 bits per heavy atom. The van der Waals surface area contributed by atoms with Crippen LogP contribution in [0.25, 0.3) is 0 Å². The molecular weight excluding hydrogens is 418 g/mol. The summed E-state index contributed by atoms with van der Waals surface area (Å²) in [7, 11) is 0. The Bertz CT molecular complexity index is 1020. The predicted octanol–water partition coefficient (Wildman–Crippen LogP) is 5.22. The van der Waals surface area contributed by atoms with Gasteiger partial charge in [0.15, 0.2) is 0 Å². The predicted molar refractivity (Wildman–Crippen MR) is 127 cm³/mol. The molecule has 0 N–H and O–H groups in total. The molecule has 0 bridgehead atoms. The van der Waals surface area contributed by atoms with Crippen molar-refractivity contribution in [3.8, 4) is 5.75 Å². The number of para-hydroxylation sites is 1. The fourth-order valence-corrected chi connectivity index (χ4v) is 5.56. The Morgan fingerprint density at radius 1 is 1.09 bits per heavy atom. The van der Waals surface area contributed by atoms with E-state index in [9.17, 15) is 4.79 Å². The molecule has 1 amide bonds. The lowest BCUT2D eigenvalue weighted by molar-refractivity contribution is -0.135.